The van der Waals surface area contributed by atoms with Crippen LogP contribution >= 0.6 is 24.0 Å². The summed E-state index contributed by atoms with van der Waals surface area (Å²) in [6.45, 7) is 8.06. The second kappa shape index (κ2) is 11.2. The zero-order valence-electron chi connectivity index (χ0n) is 15.7. The van der Waals surface area contributed by atoms with E-state index >= 15 is 0 Å². The lowest BCUT2D eigenvalue weighted by molar-refractivity contribution is -0.138. The van der Waals surface area contributed by atoms with Crippen molar-refractivity contribution in [2.75, 3.05) is 18.8 Å². The van der Waals surface area contributed by atoms with Crippen molar-refractivity contribution in [2.24, 2.45) is 4.99 Å². The largest absolute Gasteiger partial charge is 0.416 e. The number of aliphatic imine (C=N–C) groups is 1. The molecule has 2 N–H and O–H groups in total. The Morgan fingerprint density at radius 1 is 1.19 bits per heavy atom. The summed E-state index contributed by atoms with van der Waals surface area (Å²) in [6.07, 6.45) is -4.65. The molecule has 0 saturated carbocycles. The van der Waals surface area contributed by atoms with Crippen LogP contribution < -0.4 is 10.6 Å². The molecule has 1 atom stereocenters. The molecule has 10 heteroatoms. The van der Waals surface area contributed by atoms with Crippen LogP contribution in [-0.4, -0.2) is 33.8 Å². The minimum atomic E-state index is -4.65. The van der Waals surface area contributed by atoms with E-state index in [0.29, 0.717) is 30.9 Å². The molecule has 0 fully saturated rings. The van der Waals surface area contributed by atoms with E-state index < -0.39 is 28.4 Å². The van der Waals surface area contributed by atoms with Crippen LogP contribution in [0.1, 0.15) is 38.8 Å². The predicted octanol–water partition coefficient (Wildman–Crippen LogP) is 4.06. The normalized spacial score (nSPS) is 13.7. The molecule has 0 heterocycles. The van der Waals surface area contributed by atoms with Crippen LogP contribution in [0.15, 0.2) is 23.2 Å². The molecule has 0 saturated heterocycles. The number of hydrogen-bond donors (Lipinski definition) is 2. The van der Waals surface area contributed by atoms with E-state index in [1.807, 2.05) is 27.7 Å². The number of hydrogen-bond acceptors (Lipinski definition) is 2. The van der Waals surface area contributed by atoms with Gasteiger partial charge < -0.3 is 10.6 Å². The Bertz CT molecular complexity index is 661. The summed E-state index contributed by atoms with van der Waals surface area (Å²) in [4.78, 5) is 4.12. The molecule has 1 aromatic rings. The first-order chi connectivity index (χ1) is 11.9. The van der Waals surface area contributed by atoms with E-state index in [2.05, 4.69) is 15.6 Å². The minimum Gasteiger partial charge on any atom is -0.357 e. The second-order valence-electron chi connectivity index (χ2n) is 6.58. The molecule has 0 amide bonds. The third kappa shape index (κ3) is 9.22. The van der Waals surface area contributed by atoms with E-state index in [0.717, 1.165) is 12.1 Å². The maximum Gasteiger partial charge on any atom is 0.416 e. The summed E-state index contributed by atoms with van der Waals surface area (Å²) >= 11 is 0. The molecular weight excluding hydrogens is 497 g/mol. The van der Waals surface area contributed by atoms with Crippen molar-refractivity contribution in [1.29, 1.82) is 0 Å². The van der Waals surface area contributed by atoms with E-state index in [9.17, 15) is 21.8 Å². The second-order valence-corrected chi connectivity index (χ2v) is 8.91. The van der Waals surface area contributed by atoms with Crippen LogP contribution in [0.3, 0.4) is 0 Å². The van der Waals surface area contributed by atoms with Crippen molar-refractivity contribution in [3.05, 3.63) is 35.1 Å². The van der Waals surface area contributed by atoms with Gasteiger partial charge in [-0.1, -0.05) is 6.07 Å². The highest BCUT2D eigenvalue weighted by molar-refractivity contribution is 14.0. The molecule has 1 aromatic carbocycles. The fourth-order valence-electron chi connectivity index (χ4n) is 2.02. The molecule has 0 spiro atoms. The zero-order chi connectivity index (χ0) is 20.0. The Hall–Kier alpha value is -0.910. The third-order valence-electron chi connectivity index (χ3n) is 3.39. The van der Waals surface area contributed by atoms with Gasteiger partial charge in [0, 0.05) is 34.4 Å². The first kappa shape index (κ1) is 26.1. The lowest BCUT2D eigenvalue weighted by atomic mass is 10.1. The minimum absolute atomic E-state index is 0. The summed E-state index contributed by atoms with van der Waals surface area (Å²) in [5.41, 5.74) is -1.15. The molecular formula is C17H26F4IN3OS. The molecule has 0 aliphatic rings. The Labute approximate surface area is 177 Å². The Morgan fingerprint density at radius 2 is 1.81 bits per heavy atom. The summed E-state index contributed by atoms with van der Waals surface area (Å²) in [7, 11) is -1.05. The standard InChI is InChI=1S/C17H25F4N3OS.HI/c1-5-22-15(23-8-9-26(25)16(2,3)4)24-11-12-6-7-13(18)10-14(12)17(19,20)21;/h6-7,10H,5,8-9,11H2,1-4H3,(H2,22,23,24);1H. The van der Waals surface area contributed by atoms with E-state index in [1.54, 1.807) is 0 Å². The molecule has 0 aromatic heterocycles. The highest BCUT2D eigenvalue weighted by atomic mass is 127. The quantitative estimate of drug-likeness (QED) is 0.256. The Morgan fingerprint density at radius 3 is 2.33 bits per heavy atom. The van der Waals surface area contributed by atoms with E-state index in [-0.39, 0.29) is 40.8 Å². The summed E-state index contributed by atoms with van der Waals surface area (Å²) in [6, 6.07) is 2.53. The van der Waals surface area contributed by atoms with Gasteiger partial charge >= 0.3 is 6.18 Å². The molecule has 4 nitrogen and oxygen atoms in total. The molecule has 156 valence electrons. The molecule has 1 rings (SSSR count). The van der Waals surface area contributed by atoms with Gasteiger partial charge in [0.25, 0.3) is 0 Å². The third-order valence-corrected chi connectivity index (χ3v) is 5.33. The number of nitrogens with zero attached hydrogens (tertiary/aromatic N) is 1. The topological polar surface area (TPSA) is 53.5 Å². The number of nitrogens with one attached hydrogen (secondary N) is 2. The van der Waals surface area contributed by atoms with E-state index in [1.165, 1.54) is 0 Å². The number of alkyl halides is 3. The van der Waals surface area contributed by atoms with Crippen LogP contribution in [0.2, 0.25) is 0 Å². The first-order valence-electron chi connectivity index (χ1n) is 8.21. The van der Waals surface area contributed by atoms with Gasteiger partial charge in [-0.15, -0.1) is 24.0 Å². The van der Waals surface area contributed by atoms with Gasteiger partial charge in [0.05, 0.1) is 12.1 Å². The number of guanidine groups is 1. The van der Waals surface area contributed by atoms with Gasteiger partial charge in [-0.2, -0.15) is 13.2 Å². The van der Waals surface area contributed by atoms with Gasteiger partial charge in [0.2, 0.25) is 0 Å². The fraction of sp³-hybridized carbons (Fsp3) is 0.588. The van der Waals surface area contributed by atoms with Crippen LogP contribution in [0.5, 0.6) is 0 Å². The molecule has 0 aliphatic heterocycles. The van der Waals surface area contributed by atoms with Crippen molar-refractivity contribution in [3.8, 4) is 0 Å². The highest BCUT2D eigenvalue weighted by Gasteiger charge is 2.33. The maximum atomic E-state index is 13.1. The first-order valence-corrected chi connectivity index (χ1v) is 9.53. The van der Waals surface area contributed by atoms with Crippen LogP contribution in [0.25, 0.3) is 0 Å². The number of halogens is 5. The van der Waals surface area contributed by atoms with Crippen molar-refractivity contribution in [2.45, 2.75) is 45.2 Å². The Kier molecular flexibility index (Phi) is 10.8. The smallest absolute Gasteiger partial charge is 0.357 e. The maximum absolute atomic E-state index is 13.1. The van der Waals surface area contributed by atoms with Crippen LogP contribution in [0, 0.1) is 5.82 Å². The molecule has 0 aliphatic carbocycles. The molecule has 1 unspecified atom stereocenters. The summed E-state index contributed by atoms with van der Waals surface area (Å²) < 4.78 is 63.9. The summed E-state index contributed by atoms with van der Waals surface area (Å²) in [5, 5.41) is 5.87. The molecule has 27 heavy (non-hydrogen) atoms. The van der Waals surface area contributed by atoms with Gasteiger partial charge in [-0.3, -0.25) is 4.21 Å². The Balaban J connectivity index is 0.00000676. The number of benzene rings is 1. The lowest BCUT2D eigenvalue weighted by Gasteiger charge is -2.18. The average molecular weight is 523 g/mol. The highest BCUT2D eigenvalue weighted by Crippen LogP contribution is 2.32. The van der Waals surface area contributed by atoms with Gasteiger partial charge in [-0.25, -0.2) is 9.38 Å². The van der Waals surface area contributed by atoms with Crippen molar-refractivity contribution < 1.29 is 21.8 Å². The van der Waals surface area contributed by atoms with Crippen molar-refractivity contribution in [1.82, 2.24) is 10.6 Å². The average Bonchev–Trinajstić information content (AvgIpc) is 2.51. The summed E-state index contributed by atoms with van der Waals surface area (Å²) in [5.74, 6) is -0.242. The lowest BCUT2D eigenvalue weighted by Crippen LogP contribution is -2.40. The van der Waals surface area contributed by atoms with Gasteiger partial charge in [0.1, 0.15) is 5.82 Å². The van der Waals surface area contributed by atoms with Crippen molar-refractivity contribution >= 4 is 40.7 Å². The monoisotopic (exact) mass is 523 g/mol. The van der Waals surface area contributed by atoms with Crippen LogP contribution in [-0.2, 0) is 23.5 Å². The van der Waals surface area contributed by atoms with Crippen LogP contribution in [0.4, 0.5) is 17.6 Å². The molecule has 0 radical (unpaired) electrons. The van der Waals surface area contributed by atoms with E-state index in [4.69, 9.17) is 0 Å². The fourth-order valence-corrected chi connectivity index (χ4v) is 2.92. The van der Waals surface area contributed by atoms with Gasteiger partial charge in [0.15, 0.2) is 5.96 Å². The SMILES string of the molecule is CCNC(=NCc1ccc(F)cc1C(F)(F)F)NCCS(=O)C(C)(C)C.I. The molecule has 0 bridgehead atoms. The zero-order valence-corrected chi connectivity index (χ0v) is 18.9. The van der Waals surface area contributed by atoms with Crippen molar-refractivity contribution in [3.63, 3.8) is 0 Å². The predicted molar refractivity (Wildman–Crippen MR) is 112 cm³/mol. The number of rotatable bonds is 6. The van der Waals surface area contributed by atoms with Gasteiger partial charge in [-0.05, 0) is 45.4 Å².